The highest BCUT2D eigenvalue weighted by atomic mass is 16.5. The summed E-state index contributed by atoms with van der Waals surface area (Å²) in [6, 6.07) is 18.3. The van der Waals surface area contributed by atoms with Crippen molar-refractivity contribution >= 4 is 0 Å². The fraction of sp³-hybridized carbons (Fsp3) is 0.111. The molecule has 20 heavy (non-hydrogen) atoms. The maximum atomic E-state index is 5.53. The molecule has 0 aliphatic rings. The summed E-state index contributed by atoms with van der Waals surface area (Å²) >= 11 is 0. The highest BCUT2D eigenvalue weighted by Gasteiger charge is 2.12. The number of rotatable bonds is 3. The van der Waals surface area contributed by atoms with Crippen molar-refractivity contribution in [3.05, 3.63) is 66.4 Å². The van der Waals surface area contributed by atoms with E-state index in [1.807, 2.05) is 30.3 Å². The van der Waals surface area contributed by atoms with E-state index in [1.54, 1.807) is 13.4 Å². The molecular weight excluding hydrogens is 248 g/mol. The van der Waals surface area contributed by atoms with Crippen LogP contribution in [0, 0.1) is 6.92 Å². The Kier molecular flexibility index (Phi) is 3.30. The fourth-order valence-corrected chi connectivity index (χ4v) is 2.41. The first-order valence-corrected chi connectivity index (χ1v) is 6.57. The molecular formula is C18H16O2. The summed E-state index contributed by atoms with van der Waals surface area (Å²) in [5.74, 6) is 1.65. The molecule has 0 N–H and O–H groups in total. The van der Waals surface area contributed by atoms with Gasteiger partial charge in [-0.1, -0.05) is 30.3 Å². The van der Waals surface area contributed by atoms with Crippen molar-refractivity contribution in [2.45, 2.75) is 6.92 Å². The van der Waals surface area contributed by atoms with Crippen LogP contribution in [0.15, 0.2) is 65.3 Å². The molecule has 0 saturated heterocycles. The normalized spacial score (nSPS) is 10.5. The first kappa shape index (κ1) is 12.5. The Hall–Kier alpha value is -2.48. The van der Waals surface area contributed by atoms with Crippen molar-refractivity contribution in [2.75, 3.05) is 7.11 Å². The predicted molar refractivity (Wildman–Crippen MR) is 80.9 cm³/mol. The van der Waals surface area contributed by atoms with E-state index in [-0.39, 0.29) is 0 Å². The minimum atomic E-state index is 0.824. The van der Waals surface area contributed by atoms with Gasteiger partial charge in [0.25, 0.3) is 0 Å². The lowest BCUT2D eigenvalue weighted by Crippen LogP contribution is -1.91. The summed E-state index contributed by atoms with van der Waals surface area (Å²) in [6.07, 6.45) is 1.68. The van der Waals surface area contributed by atoms with Crippen molar-refractivity contribution in [1.29, 1.82) is 0 Å². The number of benzene rings is 2. The summed E-state index contributed by atoms with van der Waals surface area (Å²) < 4.78 is 11.0. The van der Waals surface area contributed by atoms with E-state index in [2.05, 4.69) is 31.2 Å². The van der Waals surface area contributed by atoms with Gasteiger partial charge in [-0.3, -0.25) is 0 Å². The summed E-state index contributed by atoms with van der Waals surface area (Å²) in [5, 5.41) is 0. The molecule has 0 spiro atoms. The Labute approximate surface area is 118 Å². The molecule has 2 nitrogen and oxygen atoms in total. The number of hydrogen-bond acceptors (Lipinski definition) is 2. The summed E-state index contributed by atoms with van der Waals surface area (Å²) in [6.45, 7) is 2.11. The van der Waals surface area contributed by atoms with Crippen molar-refractivity contribution in [1.82, 2.24) is 0 Å². The van der Waals surface area contributed by atoms with Gasteiger partial charge in [-0.05, 0) is 47.9 Å². The highest BCUT2D eigenvalue weighted by Crippen LogP contribution is 2.36. The lowest BCUT2D eigenvalue weighted by Gasteiger charge is -2.12. The van der Waals surface area contributed by atoms with Crippen molar-refractivity contribution in [3.63, 3.8) is 0 Å². The molecule has 0 unspecified atom stereocenters. The van der Waals surface area contributed by atoms with Crippen molar-refractivity contribution < 1.29 is 9.15 Å². The van der Waals surface area contributed by atoms with Crippen LogP contribution in [-0.2, 0) is 0 Å². The number of hydrogen-bond donors (Lipinski definition) is 0. The van der Waals surface area contributed by atoms with Crippen LogP contribution < -0.4 is 4.74 Å². The predicted octanol–water partition coefficient (Wildman–Crippen LogP) is 4.93. The zero-order valence-electron chi connectivity index (χ0n) is 11.6. The lowest BCUT2D eigenvalue weighted by atomic mass is 9.97. The van der Waals surface area contributed by atoms with E-state index in [0.29, 0.717) is 0 Å². The topological polar surface area (TPSA) is 22.4 Å². The Bertz CT molecular complexity index is 698. The highest BCUT2D eigenvalue weighted by molar-refractivity contribution is 5.76. The molecule has 0 radical (unpaired) electrons. The van der Waals surface area contributed by atoms with Crippen molar-refractivity contribution in [2.24, 2.45) is 0 Å². The maximum absolute atomic E-state index is 5.53. The van der Waals surface area contributed by atoms with Crippen LogP contribution >= 0.6 is 0 Å². The van der Waals surface area contributed by atoms with E-state index < -0.39 is 0 Å². The van der Waals surface area contributed by atoms with Crippen LogP contribution in [0.3, 0.4) is 0 Å². The van der Waals surface area contributed by atoms with Gasteiger partial charge in [-0.2, -0.15) is 0 Å². The molecule has 0 bridgehead atoms. The SMILES string of the molecule is COc1cc(-c2ccccc2)c(C)cc1-c1ccco1. The van der Waals surface area contributed by atoms with Crippen LogP contribution in [0.2, 0.25) is 0 Å². The minimum Gasteiger partial charge on any atom is -0.496 e. The number of methoxy groups -OCH3 is 1. The smallest absolute Gasteiger partial charge is 0.137 e. The number of ether oxygens (including phenoxy) is 1. The molecule has 1 heterocycles. The first-order chi connectivity index (χ1) is 9.79. The second-order valence-corrected chi connectivity index (χ2v) is 4.71. The molecule has 0 atom stereocenters. The Morgan fingerprint density at radius 1 is 0.900 bits per heavy atom. The van der Waals surface area contributed by atoms with Gasteiger partial charge < -0.3 is 9.15 Å². The molecule has 3 aromatic rings. The molecule has 2 aromatic carbocycles. The quantitative estimate of drug-likeness (QED) is 0.669. The zero-order valence-corrected chi connectivity index (χ0v) is 11.6. The third-order valence-electron chi connectivity index (χ3n) is 3.42. The van der Waals surface area contributed by atoms with Crippen LogP contribution in [-0.4, -0.2) is 7.11 Å². The fourth-order valence-electron chi connectivity index (χ4n) is 2.41. The van der Waals surface area contributed by atoms with Crippen LogP contribution in [0.1, 0.15) is 5.56 Å². The largest absolute Gasteiger partial charge is 0.496 e. The molecule has 0 fully saturated rings. The van der Waals surface area contributed by atoms with Gasteiger partial charge >= 0.3 is 0 Å². The first-order valence-electron chi connectivity index (χ1n) is 6.57. The van der Waals surface area contributed by atoms with Gasteiger partial charge in [0.2, 0.25) is 0 Å². The van der Waals surface area contributed by atoms with Gasteiger partial charge in [0.1, 0.15) is 11.5 Å². The van der Waals surface area contributed by atoms with Crippen LogP contribution in [0.4, 0.5) is 0 Å². The van der Waals surface area contributed by atoms with E-state index in [9.17, 15) is 0 Å². The molecule has 0 amide bonds. The summed E-state index contributed by atoms with van der Waals surface area (Å²) in [5.41, 5.74) is 4.55. The molecule has 2 heteroatoms. The van der Waals surface area contributed by atoms with Gasteiger partial charge in [0.05, 0.1) is 18.9 Å². The van der Waals surface area contributed by atoms with Gasteiger partial charge in [0.15, 0.2) is 0 Å². The number of aryl methyl sites for hydroxylation is 1. The molecule has 3 rings (SSSR count). The second-order valence-electron chi connectivity index (χ2n) is 4.71. The Morgan fingerprint density at radius 3 is 2.35 bits per heavy atom. The van der Waals surface area contributed by atoms with E-state index >= 15 is 0 Å². The monoisotopic (exact) mass is 264 g/mol. The van der Waals surface area contributed by atoms with Crippen LogP contribution in [0.25, 0.3) is 22.5 Å². The third-order valence-corrected chi connectivity index (χ3v) is 3.42. The summed E-state index contributed by atoms with van der Waals surface area (Å²) in [7, 11) is 1.69. The Balaban J connectivity index is 2.16. The lowest BCUT2D eigenvalue weighted by molar-refractivity contribution is 0.414. The van der Waals surface area contributed by atoms with Crippen LogP contribution in [0.5, 0.6) is 5.75 Å². The average Bonchev–Trinajstić information content (AvgIpc) is 3.02. The van der Waals surface area contributed by atoms with E-state index in [0.717, 1.165) is 17.1 Å². The summed E-state index contributed by atoms with van der Waals surface area (Å²) in [4.78, 5) is 0. The van der Waals surface area contributed by atoms with Gasteiger partial charge in [-0.15, -0.1) is 0 Å². The van der Waals surface area contributed by atoms with Gasteiger partial charge in [-0.25, -0.2) is 0 Å². The molecule has 0 aliphatic heterocycles. The Morgan fingerprint density at radius 2 is 1.70 bits per heavy atom. The van der Waals surface area contributed by atoms with Gasteiger partial charge in [0, 0.05) is 0 Å². The standard InChI is InChI=1S/C18H16O2/c1-13-11-16(17-9-6-10-20-17)18(19-2)12-15(13)14-7-4-3-5-8-14/h3-12H,1-2H3. The molecule has 0 saturated carbocycles. The third kappa shape index (κ3) is 2.21. The minimum absolute atomic E-state index is 0.824. The average molecular weight is 264 g/mol. The molecule has 1 aromatic heterocycles. The molecule has 100 valence electrons. The number of furan rings is 1. The maximum Gasteiger partial charge on any atom is 0.137 e. The zero-order chi connectivity index (χ0) is 13.9. The molecule has 0 aliphatic carbocycles. The van der Waals surface area contributed by atoms with E-state index in [4.69, 9.17) is 9.15 Å². The second kappa shape index (κ2) is 5.25. The van der Waals surface area contributed by atoms with Crippen molar-refractivity contribution in [3.8, 4) is 28.2 Å². The van der Waals surface area contributed by atoms with E-state index in [1.165, 1.54) is 16.7 Å².